The molecule has 0 radical (unpaired) electrons. The number of carbonyl (C=O) groups is 1. The van der Waals surface area contributed by atoms with E-state index < -0.39 is 6.09 Å². The molecule has 1 saturated heterocycles. The van der Waals surface area contributed by atoms with Crippen LogP contribution >= 0.6 is 11.6 Å². The van der Waals surface area contributed by atoms with Gasteiger partial charge in [0.25, 0.3) is 0 Å². The van der Waals surface area contributed by atoms with Gasteiger partial charge in [-0.05, 0) is 6.92 Å². The molecule has 1 rings (SSSR count). The van der Waals surface area contributed by atoms with Crippen LogP contribution in [-0.2, 0) is 9.47 Å². The maximum absolute atomic E-state index is 9.60. The summed E-state index contributed by atoms with van der Waals surface area (Å²) in [5, 5.41) is 0. The lowest BCUT2D eigenvalue weighted by molar-refractivity contribution is 0.163. The Hall–Kier alpha value is -0.480. The van der Waals surface area contributed by atoms with E-state index in [-0.39, 0.29) is 0 Å². The topological polar surface area (TPSA) is 64.8 Å². The van der Waals surface area contributed by atoms with Crippen LogP contribution in [0.5, 0.6) is 0 Å². The summed E-state index contributed by atoms with van der Waals surface area (Å²) in [7, 11) is 0. The van der Waals surface area contributed by atoms with Gasteiger partial charge in [0.05, 0.1) is 25.2 Å². The minimum atomic E-state index is -0.711. The van der Waals surface area contributed by atoms with E-state index in [1.54, 1.807) is 6.92 Å². The van der Waals surface area contributed by atoms with Gasteiger partial charge in [-0.2, -0.15) is 0 Å². The lowest BCUT2D eigenvalue weighted by Gasteiger charge is -1.89. The fourth-order valence-corrected chi connectivity index (χ4v) is 0.478. The van der Waals surface area contributed by atoms with Crippen LogP contribution < -0.4 is 5.73 Å². The summed E-state index contributed by atoms with van der Waals surface area (Å²) < 4.78 is 8.91. The zero-order chi connectivity index (χ0) is 8.69. The number of epoxide rings is 1. The number of nitrogens with two attached hydrogens (primary N) is 1. The van der Waals surface area contributed by atoms with Crippen molar-refractivity contribution in [1.82, 2.24) is 0 Å². The van der Waals surface area contributed by atoms with E-state index in [9.17, 15) is 4.79 Å². The molecule has 66 valence electrons. The van der Waals surface area contributed by atoms with E-state index in [4.69, 9.17) is 16.3 Å². The third kappa shape index (κ3) is 9.52. The number of alkyl halides is 1. The Labute approximate surface area is 70.6 Å². The molecule has 1 fully saturated rings. The number of hydrogen-bond donors (Lipinski definition) is 1. The van der Waals surface area contributed by atoms with Crippen molar-refractivity contribution in [2.75, 3.05) is 19.1 Å². The Morgan fingerprint density at radius 2 is 2.45 bits per heavy atom. The van der Waals surface area contributed by atoms with E-state index in [2.05, 4.69) is 10.5 Å². The van der Waals surface area contributed by atoms with E-state index in [1.807, 2.05) is 0 Å². The third-order valence-corrected chi connectivity index (χ3v) is 1.21. The van der Waals surface area contributed by atoms with Gasteiger partial charge in [0, 0.05) is 0 Å². The Balaban J connectivity index is 0.000000183. The molecule has 11 heavy (non-hydrogen) atoms. The first kappa shape index (κ1) is 10.5. The van der Waals surface area contributed by atoms with Gasteiger partial charge in [-0.1, -0.05) is 0 Å². The van der Waals surface area contributed by atoms with Gasteiger partial charge in [-0.3, -0.25) is 0 Å². The monoisotopic (exact) mass is 181 g/mol. The SMILES string of the molecule is CCOC(N)=O.ClCC1CO1. The fraction of sp³-hybridized carbons (Fsp3) is 0.833. The maximum atomic E-state index is 9.60. The van der Waals surface area contributed by atoms with Crippen molar-refractivity contribution in [2.45, 2.75) is 13.0 Å². The Morgan fingerprint density at radius 1 is 1.91 bits per heavy atom. The van der Waals surface area contributed by atoms with Gasteiger partial charge in [0.1, 0.15) is 0 Å². The summed E-state index contributed by atoms with van der Waals surface area (Å²) >= 11 is 5.27. The predicted molar refractivity (Wildman–Crippen MR) is 41.7 cm³/mol. The number of carbonyl (C=O) groups excluding carboxylic acids is 1. The molecule has 1 unspecified atom stereocenters. The van der Waals surface area contributed by atoms with E-state index in [0.717, 1.165) is 6.61 Å². The zero-order valence-corrected chi connectivity index (χ0v) is 7.13. The fourth-order valence-electron chi connectivity index (χ4n) is 0.299. The molecule has 4 nitrogen and oxygen atoms in total. The van der Waals surface area contributed by atoms with Crippen LogP contribution in [0.25, 0.3) is 0 Å². The van der Waals surface area contributed by atoms with E-state index in [0.29, 0.717) is 18.6 Å². The molecule has 1 heterocycles. The zero-order valence-electron chi connectivity index (χ0n) is 6.38. The van der Waals surface area contributed by atoms with Crippen LogP contribution in [-0.4, -0.2) is 31.3 Å². The molecule has 1 aliphatic heterocycles. The van der Waals surface area contributed by atoms with Crippen molar-refractivity contribution in [3.8, 4) is 0 Å². The van der Waals surface area contributed by atoms with Crippen molar-refractivity contribution in [1.29, 1.82) is 0 Å². The molecule has 5 heteroatoms. The van der Waals surface area contributed by atoms with Crippen LogP contribution in [0.3, 0.4) is 0 Å². The molecule has 0 aromatic heterocycles. The second kappa shape index (κ2) is 6.24. The minimum absolute atomic E-state index is 0.356. The number of halogens is 1. The van der Waals surface area contributed by atoms with Crippen molar-refractivity contribution >= 4 is 17.7 Å². The Bertz CT molecular complexity index is 116. The predicted octanol–water partition coefficient (Wildman–Crippen LogP) is 0.726. The van der Waals surface area contributed by atoms with Crippen LogP contribution in [0.4, 0.5) is 4.79 Å². The summed E-state index contributed by atoms with van der Waals surface area (Å²) in [6.07, 6.45) is -0.311. The summed E-state index contributed by atoms with van der Waals surface area (Å²) in [6, 6.07) is 0. The highest BCUT2D eigenvalue weighted by Crippen LogP contribution is 2.08. The first-order chi connectivity index (χ1) is 5.20. The number of primary amides is 1. The molecular weight excluding hydrogens is 170 g/mol. The van der Waals surface area contributed by atoms with Gasteiger partial charge >= 0.3 is 6.09 Å². The van der Waals surface area contributed by atoms with Crippen LogP contribution in [0.2, 0.25) is 0 Å². The molecule has 0 spiro atoms. The molecular formula is C6H12ClNO3. The van der Waals surface area contributed by atoms with Gasteiger partial charge in [0.2, 0.25) is 0 Å². The highest BCUT2D eigenvalue weighted by Gasteiger charge is 2.19. The highest BCUT2D eigenvalue weighted by atomic mass is 35.5. The number of ether oxygens (including phenoxy) is 2. The van der Waals surface area contributed by atoms with Gasteiger partial charge in [0.15, 0.2) is 0 Å². The molecule has 0 aromatic carbocycles. The smallest absolute Gasteiger partial charge is 0.404 e. The number of amides is 1. The summed E-state index contributed by atoms with van der Waals surface area (Å²) in [5.41, 5.74) is 4.54. The average molecular weight is 182 g/mol. The number of hydrogen-bond acceptors (Lipinski definition) is 3. The lowest BCUT2D eigenvalue weighted by atomic mass is 10.6. The van der Waals surface area contributed by atoms with Crippen molar-refractivity contribution < 1.29 is 14.3 Å². The quantitative estimate of drug-likeness (QED) is 0.505. The normalized spacial score (nSPS) is 19.6. The molecule has 1 aliphatic rings. The lowest BCUT2D eigenvalue weighted by Crippen LogP contribution is -2.11. The maximum Gasteiger partial charge on any atom is 0.404 e. The van der Waals surface area contributed by atoms with E-state index >= 15 is 0 Å². The second-order valence-corrected chi connectivity index (χ2v) is 2.17. The summed E-state index contributed by atoms with van der Waals surface area (Å²) in [6.45, 7) is 2.93. The van der Waals surface area contributed by atoms with Crippen molar-refractivity contribution in [3.05, 3.63) is 0 Å². The molecule has 1 amide bonds. The van der Waals surface area contributed by atoms with Crippen LogP contribution in [0, 0.1) is 0 Å². The van der Waals surface area contributed by atoms with Crippen LogP contribution in [0.1, 0.15) is 6.92 Å². The van der Waals surface area contributed by atoms with E-state index in [1.165, 1.54) is 0 Å². The molecule has 1 atom stereocenters. The number of rotatable bonds is 2. The second-order valence-electron chi connectivity index (χ2n) is 1.86. The molecule has 2 N–H and O–H groups in total. The van der Waals surface area contributed by atoms with Crippen LogP contribution in [0.15, 0.2) is 0 Å². The molecule has 0 saturated carbocycles. The minimum Gasteiger partial charge on any atom is -0.450 e. The molecule has 0 bridgehead atoms. The summed E-state index contributed by atoms with van der Waals surface area (Å²) in [4.78, 5) is 9.60. The van der Waals surface area contributed by atoms with Gasteiger partial charge in [-0.15, -0.1) is 11.6 Å². The standard InChI is InChI=1S/C3H5ClO.C3H7NO2/c4-1-3-2-5-3;1-2-6-3(4)5/h3H,1-2H2;2H2,1H3,(H2,4,5). The van der Waals surface area contributed by atoms with Gasteiger partial charge in [-0.25, -0.2) is 4.79 Å². The Kier molecular flexibility index (Phi) is 5.97. The first-order valence-corrected chi connectivity index (χ1v) is 3.84. The third-order valence-electron chi connectivity index (χ3n) is 0.861. The van der Waals surface area contributed by atoms with Gasteiger partial charge < -0.3 is 15.2 Å². The first-order valence-electron chi connectivity index (χ1n) is 3.30. The summed E-state index contributed by atoms with van der Waals surface area (Å²) in [5.74, 6) is 0.667. The average Bonchev–Trinajstić information content (AvgIpc) is 2.69. The highest BCUT2D eigenvalue weighted by molar-refractivity contribution is 6.18. The molecule has 0 aromatic rings. The Morgan fingerprint density at radius 3 is 2.45 bits per heavy atom. The molecule has 0 aliphatic carbocycles. The van der Waals surface area contributed by atoms with Crippen molar-refractivity contribution in [3.63, 3.8) is 0 Å². The largest absolute Gasteiger partial charge is 0.450 e. The van der Waals surface area contributed by atoms with Crippen molar-refractivity contribution in [2.24, 2.45) is 5.73 Å².